The molecule has 0 unspecified atom stereocenters. The summed E-state index contributed by atoms with van der Waals surface area (Å²) in [4.78, 5) is 4.28. The molecule has 0 bridgehead atoms. The van der Waals surface area contributed by atoms with Crippen LogP contribution in [0.2, 0.25) is 0 Å². The van der Waals surface area contributed by atoms with Crippen molar-refractivity contribution in [2.75, 3.05) is 7.11 Å². The molecule has 0 aliphatic carbocycles. The normalized spacial score (nSPS) is 10.1. The number of hydrogen-bond donors (Lipinski definition) is 0. The van der Waals surface area contributed by atoms with Gasteiger partial charge < -0.3 is 9.47 Å². The van der Waals surface area contributed by atoms with Crippen LogP contribution >= 0.6 is 11.3 Å². The number of nitriles is 1. The van der Waals surface area contributed by atoms with Crippen molar-refractivity contribution in [1.29, 1.82) is 5.26 Å². The van der Waals surface area contributed by atoms with Crippen molar-refractivity contribution in [1.82, 2.24) is 4.98 Å². The van der Waals surface area contributed by atoms with E-state index in [2.05, 4.69) is 11.1 Å². The second kappa shape index (κ2) is 6.95. The van der Waals surface area contributed by atoms with Gasteiger partial charge in [-0.05, 0) is 11.6 Å². The third kappa shape index (κ3) is 3.33. The molecule has 0 radical (unpaired) electrons. The van der Waals surface area contributed by atoms with E-state index in [9.17, 15) is 5.26 Å². The Bertz CT molecular complexity index is 824. The molecular formula is C18H14N2O2S. The smallest absolute Gasteiger partial charge is 0.162 e. The minimum Gasteiger partial charge on any atom is -0.493 e. The summed E-state index contributed by atoms with van der Waals surface area (Å²) in [5.41, 5.74) is 2.34. The van der Waals surface area contributed by atoms with Gasteiger partial charge in [-0.15, -0.1) is 11.3 Å². The molecule has 1 aromatic heterocycles. The molecule has 3 rings (SSSR count). The van der Waals surface area contributed by atoms with Crippen LogP contribution in [-0.4, -0.2) is 12.1 Å². The molecule has 0 atom stereocenters. The van der Waals surface area contributed by atoms with E-state index < -0.39 is 0 Å². The highest BCUT2D eigenvalue weighted by Gasteiger charge is 2.15. The maximum absolute atomic E-state index is 9.37. The van der Waals surface area contributed by atoms with Gasteiger partial charge in [0, 0.05) is 23.2 Å². The van der Waals surface area contributed by atoms with Gasteiger partial charge in [0.05, 0.1) is 12.7 Å². The number of rotatable bonds is 5. The van der Waals surface area contributed by atoms with Gasteiger partial charge in [-0.25, -0.2) is 4.98 Å². The Morgan fingerprint density at radius 1 is 1.17 bits per heavy atom. The highest BCUT2D eigenvalue weighted by Crippen LogP contribution is 2.36. The van der Waals surface area contributed by atoms with Gasteiger partial charge in [0.1, 0.15) is 17.7 Å². The first-order valence-corrected chi connectivity index (χ1v) is 7.88. The molecular weight excluding hydrogens is 308 g/mol. The molecule has 0 fully saturated rings. The maximum Gasteiger partial charge on any atom is 0.162 e. The second-order valence-corrected chi connectivity index (χ2v) is 5.67. The number of methoxy groups -OCH3 is 1. The Hall–Kier alpha value is -2.84. The lowest BCUT2D eigenvalue weighted by Crippen LogP contribution is -1.99. The lowest BCUT2D eigenvalue weighted by molar-refractivity contribution is 0.284. The van der Waals surface area contributed by atoms with Crippen LogP contribution in [0.5, 0.6) is 11.5 Å². The topological polar surface area (TPSA) is 55.1 Å². The SMILES string of the molecule is COc1cc(C#N)c(-c2nccs2)cc1OCc1ccccc1. The molecule has 5 heteroatoms. The fourth-order valence-electron chi connectivity index (χ4n) is 2.19. The molecule has 0 saturated heterocycles. The van der Waals surface area contributed by atoms with Gasteiger partial charge in [-0.1, -0.05) is 30.3 Å². The Morgan fingerprint density at radius 2 is 2.00 bits per heavy atom. The largest absolute Gasteiger partial charge is 0.493 e. The van der Waals surface area contributed by atoms with Crippen molar-refractivity contribution in [2.24, 2.45) is 0 Å². The Morgan fingerprint density at radius 3 is 2.65 bits per heavy atom. The second-order valence-electron chi connectivity index (χ2n) is 4.77. The molecule has 23 heavy (non-hydrogen) atoms. The molecule has 0 aliphatic rings. The van der Waals surface area contributed by atoms with Crippen molar-refractivity contribution in [3.05, 3.63) is 65.2 Å². The number of aromatic nitrogens is 1. The standard InChI is InChI=1S/C18H14N2O2S/c1-21-16-9-14(11-19)15(18-20-7-8-23-18)10-17(16)22-12-13-5-3-2-4-6-13/h2-10H,12H2,1H3. The molecule has 0 spiro atoms. The molecule has 1 heterocycles. The van der Waals surface area contributed by atoms with E-state index in [0.29, 0.717) is 23.7 Å². The third-order valence-corrected chi connectivity index (χ3v) is 4.13. The molecule has 3 aromatic rings. The average molecular weight is 322 g/mol. The predicted octanol–water partition coefficient (Wildman–Crippen LogP) is 4.27. The molecule has 114 valence electrons. The van der Waals surface area contributed by atoms with E-state index in [1.807, 2.05) is 41.8 Å². The number of ether oxygens (including phenoxy) is 2. The van der Waals surface area contributed by atoms with Gasteiger partial charge >= 0.3 is 0 Å². The van der Waals surface area contributed by atoms with Crippen molar-refractivity contribution in [2.45, 2.75) is 6.61 Å². The van der Waals surface area contributed by atoms with Gasteiger partial charge in [0.15, 0.2) is 11.5 Å². The van der Waals surface area contributed by atoms with E-state index in [1.165, 1.54) is 11.3 Å². The number of benzene rings is 2. The first-order chi connectivity index (χ1) is 11.3. The minimum atomic E-state index is 0.431. The van der Waals surface area contributed by atoms with E-state index in [0.717, 1.165) is 16.1 Å². The quantitative estimate of drug-likeness (QED) is 0.704. The van der Waals surface area contributed by atoms with Crippen molar-refractivity contribution in [3.63, 3.8) is 0 Å². The van der Waals surface area contributed by atoms with Crippen LogP contribution in [0.15, 0.2) is 54.0 Å². The minimum absolute atomic E-state index is 0.431. The van der Waals surface area contributed by atoms with Crippen molar-refractivity contribution >= 4 is 11.3 Å². The molecule has 2 aromatic carbocycles. The van der Waals surface area contributed by atoms with Crippen molar-refractivity contribution < 1.29 is 9.47 Å². The maximum atomic E-state index is 9.37. The van der Waals surface area contributed by atoms with E-state index in [4.69, 9.17) is 9.47 Å². The highest BCUT2D eigenvalue weighted by atomic mass is 32.1. The third-order valence-electron chi connectivity index (χ3n) is 3.32. The van der Waals surface area contributed by atoms with Crippen LogP contribution in [0.3, 0.4) is 0 Å². The first kappa shape index (κ1) is 15.1. The van der Waals surface area contributed by atoms with Gasteiger partial charge in [0.25, 0.3) is 0 Å². The van der Waals surface area contributed by atoms with Crippen LogP contribution in [0.25, 0.3) is 10.6 Å². The molecule has 0 amide bonds. The molecule has 0 aliphatic heterocycles. The monoisotopic (exact) mass is 322 g/mol. The van der Waals surface area contributed by atoms with Crippen LogP contribution in [0.4, 0.5) is 0 Å². The highest BCUT2D eigenvalue weighted by molar-refractivity contribution is 7.13. The van der Waals surface area contributed by atoms with Gasteiger partial charge in [-0.2, -0.15) is 5.26 Å². The Labute approximate surface area is 138 Å². The van der Waals surface area contributed by atoms with Crippen LogP contribution in [0.1, 0.15) is 11.1 Å². The Kier molecular flexibility index (Phi) is 4.55. The van der Waals surface area contributed by atoms with Gasteiger partial charge in [-0.3, -0.25) is 0 Å². The fraction of sp³-hybridized carbons (Fsp3) is 0.111. The first-order valence-electron chi connectivity index (χ1n) is 7.00. The zero-order valence-corrected chi connectivity index (χ0v) is 13.3. The van der Waals surface area contributed by atoms with Gasteiger partial charge in [0.2, 0.25) is 0 Å². The summed E-state index contributed by atoms with van der Waals surface area (Å²) in [6.07, 6.45) is 1.72. The van der Waals surface area contributed by atoms with E-state index >= 15 is 0 Å². The molecule has 4 nitrogen and oxygen atoms in total. The lowest BCUT2D eigenvalue weighted by atomic mass is 10.1. The zero-order chi connectivity index (χ0) is 16.1. The zero-order valence-electron chi connectivity index (χ0n) is 12.5. The van der Waals surface area contributed by atoms with Crippen molar-refractivity contribution in [3.8, 4) is 28.1 Å². The van der Waals surface area contributed by atoms with Crippen LogP contribution in [0, 0.1) is 11.3 Å². The summed E-state index contributed by atoms with van der Waals surface area (Å²) < 4.78 is 11.3. The summed E-state index contributed by atoms with van der Waals surface area (Å²) in [6.45, 7) is 0.431. The van der Waals surface area contributed by atoms with Crippen LogP contribution < -0.4 is 9.47 Å². The summed E-state index contributed by atoms with van der Waals surface area (Å²) in [7, 11) is 1.56. The lowest BCUT2D eigenvalue weighted by Gasteiger charge is -2.13. The number of nitrogens with zero attached hydrogens (tertiary/aromatic N) is 2. The predicted molar refractivity (Wildman–Crippen MR) is 89.6 cm³/mol. The van der Waals surface area contributed by atoms with E-state index in [1.54, 1.807) is 19.4 Å². The Balaban J connectivity index is 1.95. The number of thiazole rings is 1. The van der Waals surface area contributed by atoms with E-state index in [-0.39, 0.29) is 0 Å². The number of hydrogen-bond acceptors (Lipinski definition) is 5. The fourth-order valence-corrected chi connectivity index (χ4v) is 2.86. The summed E-state index contributed by atoms with van der Waals surface area (Å²) in [6, 6.07) is 15.6. The summed E-state index contributed by atoms with van der Waals surface area (Å²) in [5.74, 6) is 1.14. The molecule has 0 N–H and O–H groups in total. The summed E-state index contributed by atoms with van der Waals surface area (Å²) in [5, 5.41) is 12.0. The molecule has 0 saturated carbocycles. The van der Waals surface area contributed by atoms with Crippen LogP contribution in [-0.2, 0) is 6.61 Å². The summed E-state index contributed by atoms with van der Waals surface area (Å²) >= 11 is 1.48. The average Bonchev–Trinajstić information content (AvgIpc) is 3.14.